The summed E-state index contributed by atoms with van der Waals surface area (Å²) in [5.41, 5.74) is 4.17. The monoisotopic (exact) mass is 335 g/mol. The Labute approximate surface area is 143 Å². The van der Waals surface area contributed by atoms with Crippen molar-refractivity contribution in [2.24, 2.45) is 0 Å². The number of nitrogens with zero attached hydrogens (tertiary/aromatic N) is 3. The molecular weight excluding hydrogens is 317 g/mol. The summed E-state index contributed by atoms with van der Waals surface area (Å²) in [5.74, 6) is 0.122. The average molecular weight is 335 g/mol. The van der Waals surface area contributed by atoms with Gasteiger partial charge in [0.1, 0.15) is 0 Å². The van der Waals surface area contributed by atoms with Gasteiger partial charge >= 0.3 is 0 Å². The van der Waals surface area contributed by atoms with Crippen LogP contribution >= 0.6 is 0 Å². The van der Waals surface area contributed by atoms with Crippen LogP contribution in [0.1, 0.15) is 24.5 Å². The number of fused-ring (bicyclic) bond motifs is 2. The minimum atomic E-state index is -0.287. The normalized spacial score (nSPS) is 16.0. The summed E-state index contributed by atoms with van der Waals surface area (Å²) >= 11 is 0. The number of H-pyrrole nitrogens is 1. The largest absolute Gasteiger partial charge is 0.317 e. The first-order valence-electron chi connectivity index (χ1n) is 8.60. The van der Waals surface area contributed by atoms with E-state index in [1.54, 1.807) is 12.3 Å². The summed E-state index contributed by atoms with van der Waals surface area (Å²) < 4.78 is 16.5. The number of pyridine rings is 1. The first kappa shape index (κ1) is 14.6. The van der Waals surface area contributed by atoms with E-state index in [9.17, 15) is 4.39 Å². The molecule has 0 aliphatic carbocycles. The molecule has 1 saturated heterocycles. The van der Waals surface area contributed by atoms with Gasteiger partial charge in [0.2, 0.25) is 0 Å². The van der Waals surface area contributed by atoms with Crippen LogP contribution in [0.5, 0.6) is 0 Å². The number of hydrogen-bond acceptors (Lipinski definition) is 3. The molecule has 4 aromatic rings. The fraction of sp³-hybridized carbons (Fsp3) is 0.263. The summed E-state index contributed by atoms with van der Waals surface area (Å²) in [6.07, 6.45) is 7.82. The molecule has 4 heterocycles. The average Bonchev–Trinajstić information content (AvgIpc) is 3.28. The van der Waals surface area contributed by atoms with Gasteiger partial charge in [0.05, 0.1) is 17.4 Å². The molecule has 3 aromatic heterocycles. The maximum atomic E-state index is 14.7. The zero-order valence-electron chi connectivity index (χ0n) is 13.7. The number of rotatable bonds is 2. The third kappa shape index (κ3) is 2.49. The molecule has 0 radical (unpaired) electrons. The Morgan fingerprint density at radius 1 is 1.08 bits per heavy atom. The maximum absolute atomic E-state index is 14.7. The summed E-state index contributed by atoms with van der Waals surface area (Å²) in [7, 11) is 0. The van der Waals surface area contributed by atoms with Crippen molar-refractivity contribution in [1.82, 2.24) is 24.9 Å². The minimum absolute atomic E-state index is 0.287. The first-order valence-corrected chi connectivity index (χ1v) is 8.60. The lowest BCUT2D eigenvalue weighted by Crippen LogP contribution is -2.26. The minimum Gasteiger partial charge on any atom is -0.317 e. The zero-order chi connectivity index (χ0) is 16.8. The summed E-state index contributed by atoms with van der Waals surface area (Å²) in [4.78, 5) is 4.56. The van der Waals surface area contributed by atoms with Crippen LogP contribution in [0.3, 0.4) is 0 Å². The van der Waals surface area contributed by atoms with Crippen molar-refractivity contribution in [3.8, 4) is 11.1 Å². The Kier molecular flexibility index (Phi) is 3.31. The van der Waals surface area contributed by atoms with E-state index in [-0.39, 0.29) is 5.82 Å². The lowest BCUT2D eigenvalue weighted by molar-refractivity contribution is 0.454. The van der Waals surface area contributed by atoms with E-state index in [0.717, 1.165) is 53.7 Å². The Morgan fingerprint density at radius 2 is 1.96 bits per heavy atom. The highest BCUT2D eigenvalue weighted by Crippen LogP contribution is 2.28. The fourth-order valence-electron chi connectivity index (χ4n) is 3.67. The van der Waals surface area contributed by atoms with Gasteiger partial charge in [0.25, 0.3) is 0 Å². The second-order valence-corrected chi connectivity index (χ2v) is 6.67. The van der Waals surface area contributed by atoms with Crippen molar-refractivity contribution in [2.45, 2.75) is 18.8 Å². The van der Waals surface area contributed by atoms with Crippen molar-refractivity contribution in [2.75, 3.05) is 13.1 Å². The number of benzene rings is 1. The second-order valence-electron chi connectivity index (χ2n) is 6.67. The Bertz CT molecular complexity index is 1060. The van der Waals surface area contributed by atoms with E-state index < -0.39 is 0 Å². The fourth-order valence-corrected chi connectivity index (χ4v) is 3.67. The number of halogens is 1. The van der Waals surface area contributed by atoms with E-state index in [4.69, 9.17) is 0 Å². The molecule has 1 aliphatic heterocycles. The van der Waals surface area contributed by atoms with Crippen LogP contribution in [0.4, 0.5) is 4.39 Å². The summed E-state index contributed by atoms with van der Waals surface area (Å²) in [6, 6.07) is 7.53. The van der Waals surface area contributed by atoms with Gasteiger partial charge in [-0.05, 0) is 49.7 Å². The van der Waals surface area contributed by atoms with Crippen LogP contribution in [0.15, 0.2) is 42.9 Å². The highest BCUT2D eigenvalue weighted by molar-refractivity contribution is 5.84. The van der Waals surface area contributed by atoms with Gasteiger partial charge in [-0.3, -0.25) is 5.10 Å². The molecule has 0 atom stereocenters. The molecule has 1 fully saturated rings. The Hall–Kier alpha value is -2.73. The Balaban J connectivity index is 1.59. The molecule has 0 spiro atoms. The predicted molar refractivity (Wildman–Crippen MR) is 95.1 cm³/mol. The first-order chi connectivity index (χ1) is 12.3. The van der Waals surface area contributed by atoms with Crippen LogP contribution in [0.2, 0.25) is 0 Å². The molecular formula is C19H18FN5. The molecule has 1 aromatic carbocycles. The van der Waals surface area contributed by atoms with Crippen molar-refractivity contribution in [1.29, 1.82) is 0 Å². The van der Waals surface area contributed by atoms with Crippen molar-refractivity contribution in [3.63, 3.8) is 0 Å². The third-order valence-corrected chi connectivity index (χ3v) is 5.06. The van der Waals surface area contributed by atoms with Crippen molar-refractivity contribution < 1.29 is 4.39 Å². The molecule has 5 rings (SSSR count). The van der Waals surface area contributed by atoms with Gasteiger partial charge in [-0.25, -0.2) is 9.37 Å². The van der Waals surface area contributed by atoms with E-state index in [1.165, 1.54) is 0 Å². The van der Waals surface area contributed by atoms with Gasteiger partial charge in [0, 0.05) is 29.3 Å². The Morgan fingerprint density at radius 3 is 2.84 bits per heavy atom. The standard InChI is InChI=1S/C19H18FN5/c20-16-8-15(13-1-2-17-14(7-13)9-22-24-17)10-25-11-18(23-19(16)25)12-3-5-21-6-4-12/h1-2,7-12,21H,3-6H2,(H,22,24). The van der Waals surface area contributed by atoms with Gasteiger partial charge in [-0.2, -0.15) is 5.10 Å². The van der Waals surface area contributed by atoms with Crippen molar-refractivity contribution in [3.05, 3.63) is 54.4 Å². The summed E-state index contributed by atoms with van der Waals surface area (Å²) in [6.45, 7) is 1.99. The molecule has 0 amide bonds. The predicted octanol–water partition coefficient (Wildman–Crippen LogP) is 3.48. The van der Waals surface area contributed by atoms with Gasteiger partial charge < -0.3 is 9.72 Å². The topological polar surface area (TPSA) is 58.0 Å². The number of aromatic nitrogens is 4. The highest BCUT2D eigenvalue weighted by Gasteiger charge is 2.19. The van der Waals surface area contributed by atoms with Crippen LogP contribution in [0.25, 0.3) is 27.7 Å². The van der Waals surface area contributed by atoms with Crippen LogP contribution in [-0.2, 0) is 0 Å². The molecule has 2 N–H and O–H groups in total. The lowest BCUT2D eigenvalue weighted by Gasteiger charge is -2.20. The van der Waals surface area contributed by atoms with E-state index in [0.29, 0.717) is 11.6 Å². The molecule has 126 valence electrons. The molecule has 25 heavy (non-hydrogen) atoms. The SMILES string of the molecule is Fc1cc(-c2ccc3[nH]ncc3c2)cn2cc(C3CCNCC3)nc12. The van der Waals surface area contributed by atoms with Gasteiger partial charge in [-0.1, -0.05) is 6.07 Å². The number of hydrogen-bond donors (Lipinski definition) is 2. The summed E-state index contributed by atoms with van der Waals surface area (Å²) in [5, 5.41) is 11.3. The number of piperidine rings is 1. The van der Waals surface area contributed by atoms with E-state index in [1.807, 2.05) is 35.0 Å². The van der Waals surface area contributed by atoms with Gasteiger partial charge in [-0.15, -0.1) is 0 Å². The highest BCUT2D eigenvalue weighted by atomic mass is 19.1. The second kappa shape index (κ2) is 5.67. The van der Waals surface area contributed by atoms with Crippen LogP contribution < -0.4 is 5.32 Å². The molecule has 6 heteroatoms. The van der Waals surface area contributed by atoms with E-state index in [2.05, 4.69) is 20.5 Å². The quantitative estimate of drug-likeness (QED) is 0.590. The molecule has 0 bridgehead atoms. The third-order valence-electron chi connectivity index (χ3n) is 5.06. The molecule has 0 saturated carbocycles. The number of aromatic amines is 1. The molecule has 1 aliphatic rings. The smallest absolute Gasteiger partial charge is 0.173 e. The molecule has 0 unspecified atom stereocenters. The lowest BCUT2D eigenvalue weighted by atomic mass is 9.95. The van der Waals surface area contributed by atoms with Crippen molar-refractivity contribution >= 4 is 16.6 Å². The van der Waals surface area contributed by atoms with E-state index >= 15 is 0 Å². The molecule has 5 nitrogen and oxygen atoms in total. The number of nitrogens with one attached hydrogen (secondary N) is 2. The zero-order valence-corrected chi connectivity index (χ0v) is 13.7. The van der Waals surface area contributed by atoms with Crippen LogP contribution in [-0.4, -0.2) is 32.7 Å². The van der Waals surface area contributed by atoms with Crippen LogP contribution in [0, 0.1) is 5.82 Å². The van der Waals surface area contributed by atoms with Gasteiger partial charge in [0.15, 0.2) is 11.5 Å². The number of imidazole rings is 1. The maximum Gasteiger partial charge on any atom is 0.173 e.